The number of benzene rings is 2. The molecular weight excluding hydrogens is 280 g/mol. The van der Waals surface area contributed by atoms with Gasteiger partial charge < -0.3 is 15.4 Å². The average molecular weight is 298 g/mol. The van der Waals surface area contributed by atoms with Crippen molar-refractivity contribution in [3.05, 3.63) is 54.1 Å². The van der Waals surface area contributed by atoms with E-state index in [4.69, 9.17) is 4.74 Å². The standard InChI is InChI=1S/C17H18N2O3/c1-3-22-14-10-8-13(9-11-14)18-16(20)17(21)19-15-7-5-4-6-12(15)2/h4-11H,3H2,1-2H3,(H,18,20)(H,19,21). The van der Waals surface area contributed by atoms with Crippen molar-refractivity contribution in [2.75, 3.05) is 17.2 Å². The molecule has 5 heteroatoms. The smallest absolute Gasteiger partial charge is 0.314 e. The number of carbonyl (C=O) groups is 2. The van der Waals surface area contributed by atoms with Gasteiger partial charge >= 0.3 is 11.8 Å². The molecule has 0 heterocycles. The summed E-state index contributed by atoms with van der Waals surface area (Å²) >= 11 is 0. The van der Waals surface area contributed by atoms with Crippen LogP contribution >= 0.6 is 0 Å². The number of para-hydroxylation sites is 1. The average Bonchev–Trinajstić information content (AvgIpc) is 2.51. The molecule has 0 aromatic heterocycles. The van der Waals surface area contributed by atoms with E-state index in [9.17, 15) is 9.59 Å². The van der Waals surface area contributed by atoms with E-state index in [2.05, 4.69) is 10.6 Å². The molecule has 0 saturated heterocycles. The first-order valence-electron chi connectivity index (χ1n) is 7.01. The zero-order valence-electron chi connectivity index (χ0n) is 12.6. The molecule has 114 valence electrons. The molecule has 5 nitrogen and oxygen atoms in total. The fraction of sp³-hybridized carbons (Fsp3) is 0.176. The second kappa shape index (κ2) is 7.26. The van der Waals surface area contributed by atoms with E-state index in [0.717, 1.165) is 5.56 Å². The lowest BCUT2D eigenvalue weighted by Gasteiger charge is -2.09. The Labute approximate surface area is 129 Å². The molecular formula is C17H18N2O3. The molecule has 2 N–H and O–H groups in total. The lowest BCUT2D eigenvalue weighted by Crippen LogP contribution is -2.29. The van der Waals surface area contributed by atoms with Crippen molar-refractivity contribution in [3.63, 3.8) is 0 Å². The van der Waals surface area contributed by atoms with Crippen molar-refractivity contribution in [1.29, 1.82) is 0 Å². The summed E-state index contributed by atoms with van der Waals surface area (Å²) in [4.78, 5) is 23.8. The van der Waals surface area contributed by atoms with E-state index in [1.807, 2.05) is 26.0 Å². The molecule has 0 aliphatic heterocycles. The van der Waals surface area contributed by atoms with Gasteiger partial charge in [-0.15, -0.1) is 0 Å². The Balaban J connectivity index is 1.96. The number of ether oxygens (including phenoxy) is 1. The van der Waals surface area contributed by atoms with E-state index < -0.39 is 11.8 Å². The molecule has 2 rings (SSSR count). The summed E-state index contributed by atoms with van der Waals surface area (Å²) in [5, 5.41) is 5.13. The van der Waals surface area contributed by atoms with Crippen LogP contribution in [0.25, 0.3) is 0 Å². The molecule has 0 unspecified atom stereocenters. The maximum absolute atomic E-state index is 11.9. The molecule has 2 amide bonds. The predicted octanol–water partition coefficient (Wildman–Crippen LogP) is 2.97. The third-order valence-electron chi connectivity index (χ3n) is 3.02. The number of aryl methyl sites for hydroxylation is 1. The van der Waals surface area contributed by atoms with Crippen LogP contribution in [0.2, 0.25) is 0 Å². The Kier molecular flexibility index (Phi) is 5.14. The van der Waals surface area contributed by atoms with Crippen LogP contribution in [0.4, 0.5) is 11.4 Å². The molecule has 2 aromatic rings. The quantitative estimate of drug-likeness (QED) is 0.853. The van der Waals surface area contributed by atoms with Crippen molar-refractivity contribution in [1.82, 2.24) is 0 Å². The molecule has 0 fully saturated rings. The summed E-state index contributed by atoms with van der Waals surface area (Å²) in [5.41, 5.74) is 2.05. The van der Waals surface area contributed by atoms with Gasteiger partial charge in [0.25, 0.3) is 0 Å². The molecule has 0 saturated carbocycles. The minimum Gasteiger partial charge on any atom is -0.494 e. The Morgan fingerprint density at radius 3 is 2.23 bits per heavy atom. The Morgan fingerprint density at radius 1 is 0.955 bits per heavy atom. The van der Waals surface area contributed by atoms with Gasteiger partial charge in [0.1, 0.15) is 5.75 Å². The molecule has 0 radical (unpaired) electrons. The maximum atomic E-state index is 11.9. The van der Waals surface area contributed by atoms with Gasteiger partial charge in [-0.05, 0) is 49.7 Å². The highest BCUT2D eigenvalue weighted by atomic mass is 16.5. The van der Waals surface area contributed by atoms with E-state index in [1.54, 1.807) is 36.4 Å². The van der Waals surface area contributed by atoms with E-state index in [0.29, 0.717) is 23.7 Å². The van der Waals surface area contributed by atoms with Crippen molar-refractivity contribution < 1.29 is 14.3 Å². The van der Waals surface area contributed by atoms with Crippen LogP contribution in [0.1, 0.15) is 12.5 Å². The van der Waals surface area contributed by atoms with Gasteiger partial charge in [0, 0.05) is 11.4 Å². The Bertz CT molecular complexity index is 666. The number of carbonyl (C=O) groups excluding carboxylic acids is 2. The van der Waals surface area contributed by atoms with Gasteiger partial charge in [-0.3, -0.25) is 9.59 Å². The first-order valence-corrected chi connectivity index (χ1v) is 7.01. The van der Waals surface area contributed by atoms with Crippen LogP contribution in [-0.4, -0.2) is 18.4 Å². The van der Waals surface area contributed by atoms with Gasteiger partial charge in [0.05, 0.1) is 6.61 Å². The first kappa shape index (κ1) is 15.6. The van der Waals surface area contributed by atoms with E-state index in [-0.39, 0.29) is 0 Å². The number of rotatable bonds is 4. The molecule has 22 heavy (non-hydrogen) atoms. The van der Waals surface area contributed by atoms with Gasteiger partial charge in [-0.2, -0.15) is 0 Å². The van der Waals surface area contributed by atoms with Gasteiger partial charge in [0.15, 0.2) is 0 Å². The minimum absolute atomic E-state index is 0.536. The highest BCUT2D eigenvalue weighted by Crippen LogP contribution is 2.16. The second-order valence-electron chi connectivity index (χ2n) is 4.68. The summed E-state index contributed by atoms with van der Waals surface area (Å²) in [6.45, 7) is 4.33. The molecule has 0 spiro atoms. The molecule has 0 bridgehead atoms. The second-order valence-corrected chi connectivity index (χ2v) is 4.68. The van der Waals surface area contributed by atoms with Crippen LogP contribution in [0.15, 0.2) is 48.5 Å². The highest BCUT2D eigenvalue weighted by molar-refractivity contribution is 6.43. The van der Waals surface area contributed by atoms with E-state index in [1.165, 1.54) is 0 Å². The fourth-order valence-electron chi connectivity index (χ4n) is 1.88. The molecule has 0 atom stereocenters. The van der Waals surface area contributed by atoms with E-state index >= 15 is 0 Å². The van der Waals surface area contributed by atoms with Crippen molar-refractivity contribution in [2.45, 2.75) is 13.8 Å². The predicted molar refractivity (Wildman–Crippen MR) is 86.0 cm³/mol. The normalized spacial score (nSPS) is 9.91. The topological polar surface area (TPSA) is 67.4 Å². The Hall–Kier alpha value is -2.82. The van der Waals surface area contributed by atoms with Gasteiger partial charge in [0.2, 0.25) is 0 Å². The zero-order valence-corrected chi connectivity index (χ0v) is 12.6. The van der Waals surface area contributed by atoms with Gasteiger partial charge in [-0.1, -0.05) is 18.2 Å². The number of anilines is 2. The van der Waals surface area contributed by atoms with Crippen molar-refractivity contribution in [3.8, 4) is 5.75 Å². The van der Waals surface area contributed by atoms with Crippen LogP contribution in [0.5, 0.6) is 5.75 Å². The largest absolute Gasteiger partial charge is 0.494 e. The number of nitrogens with one attached hydrogen (secondary N) is 2. The van der Waals surface area contributed by atoms with Crippen LogP contribution in [0, 0.1) is 6.92 Å². The summed E-state index contributed by atoms with van der Waals surface area (Å²) in [6.07, 6.45) is 0. The van der Waals surface area contributed by atoms with Crippen LogP contribution in [0.3, 0.4) is 0 Å². The lowest BCUT2D eigenvalue weighted by atomic mass is 10.2. The van der Waals surface area contributed by atoms with Crippen molar-refractivity contribution >= 4 is 23.2 Å². The minimum atomic E-state index is -0.715. The molecule has 0 aliphatic rings. The van der Waals surface area contributed by atoms with Crippen LogP contribution in [-0.2, 0) is 9.59 Å². The van der Waals surface area contributed by atoms with Crippen LogP contribution < -0.4 is 15.4 Å². The fourth-order valence-corrected chi connectivity index (χ4v) is 1.88. The monoisotopic (exact) mass is 298 g/mol. The maximum Gasteiger partial charge on any atom is 0.314 e. The number of amides is 2. The Morgan fingerprint density at radius 2 is 1.59 bits per heavy atom. The SMILES string of the molecule is CCOc1ccc(NC(=O)C(=O)Nc2ccccc2C)cc1. The highest BCUT2D eigenvalue weighted by Gasteiger charge is 2.14. The lowest BCUT2D eigenvalue weighted by molar-refractivity contribution is -0.133. The third kappa shape index (κ3) is 4.09. The molecule has 0 aliphatic carbocycles. The summed E-state index contributed by atoms with van der Waals surface area (Å²) in [6, 6.07) is 14.1. The summed E-state index contributed by atoms with van der Waals surface area (Å²) in [7, 11) is 0. The third-order valence-corrected chi connectivity index (χ3v) is 3.02. The first-order chi connectivity index (χ1) is 10.6. The zero-order chi connectivity index (χ0) is 15.9. The van der Waals surface area contributed by atoms with Crippen molar-refractivity contribution in [2.24, 2.45) is 0 Å². The molecule has 2 aromatic carbocycles. The summed E-state index contributed by atoms with van der Waals surface area (Å²) < 4.78 is 5.31. The van der Waals surface area contributed by atoms with Gasteiger partial charge in [-0.25, -0.2) is 0 Å². The number of hydrogen-bond acceptors (Lipinski definition) is 3. The number of hydrogen-bond donors (Lipinski definition) is 2. The summed E-state index contributed by atoms with van der Waals surface area (Å²) in [5.74, 6) is -0.708.